The highest BCUT2D eigenvalue weighted by Crippen LogP contribution is 2.49. The quantitative estimate of drug-likeness (QED) is 0.906. The Labute approximate surface area is 134 Å². The molecule has 2 aliphatic rings. The number of carbonyl (C=O) groups excluding carboxylic acids is 1. The molecule has 1 aliphatic heterocycles. The van der Waals surface area contributed by atoms with E-state index >= 15 is 0 Å². The minimum absolute atomic E-state index is 0.225. The molecule has 1 aliphatic carbocycles. The lowest BCUT2D eigenvalue weighted by Crippen LogP contribution is -2.47. The van der Waals surface area contributed by atoms with Crippen molar-refractivity contribution in [1.29, 1.82) is 0 Å². The molecule has 3 nitrogen and oxygen atoms in total. The van der Waals surface area contributed by atoms with Gasteiger partial charge in [0.2, 0.25) is 5.91 Å². The number of amides is 1. The van der Waals surface area contributed by atoms with Crippen LogP contribution < -0.4 is 5.32 Å². The summed E-state index contributed by atoms with van der Waals surface area (Å²) in [5.74, 6) is 1.08. The predicted molar refractivity (Wildman–Crippen MR) is 89.9 cm³/mol. The lowest BCUT2D eigenvalue weighted by atomic mass is 10.0. The number of nitrogens with zero attached hydrogens (tertiary/aromatic N) is 1. The van der Waals surface area contributed by atoms with Gasteiger partial charge in [-0.25, -0.2) is 0 Å². The lowest BCUT2D eigenvalue weighted by Gasteiger charge is -2.35. The van der Waals surface area contributed by atoms with Gasteiger partial charge in [-0.3, -0.25) is 4.79 Å². The zero-order valence-electron chi connectivity index (χ0n) is 13.8. The zero-order valence-corrected chi connectivity index (χ0v) is 13.8. The summed E-state index contributed by atoms with van der Waals surface area (Å²) in [5, 5.41) is 3.40. The smallest absolute Gasteiger partial charge is 0.226 e. The maximum Gasteiger partial charge on any atom is 0.226 e. The molecule has 1 saturated carbocycles. The fourth-order valence-electron chi connectivity index (χ4n) is 3.86. The van der Waals surface area contributed by atoms with E-state index < -0.39 is 0 Å². The molecular weight excluding hydrogens is 272 g/mol. The predicted octanol–water partition coefficient (Wildman–Crippen LogP) is 3.09. The van der Waals surface area contributed by atoms with Crippen LogP contribution in [0.5, 0.6) is 0 Å². The van der Waals surface area contributed by atoms with Crippen molar-refractivity contribution in [1.82, 2.24) is 10.2 Å². The third-order valence-corrected chi connectivity index (χ3v) is 5.19. The van der Waals surface area contributed by atoms with E-state index in [0.29, 0.717) is 17.9 Å². The highest BCUT2D eigenvalue weighted by Gasteiger charge is 2.47. The molecule has 0 radical (unpaired) electrons. The van der Waals surface area contributed by atoms with Crippen molar-refractivity contribution in [2.45, 2.75) is 51.5 Å². The molecule has 3 heteroatoms. The van der Waals surface area contributed by atoms with Gasteiger partial charge in [-0.05, 0) is 62.7 Å². The Morgan fingerprint density at radius 3 is 2.68 bits per heavy atom. The first-order valence-corrected chi connectivity index (χ1v) is 8.79. The topological polar surface area (TPSA) is 32.3 Å². The maximum atomic E-state index is 13.0. The molecule has 22 heavy (non-hydrogen) atoms. The molecule has 2 fully saturated rings. The Balaban J connectivity index is 1.68. The van der Waals surface area contributed by atoms with E-state index in [-0.39, 0.29) is 5.92 Å². The van der Waals surface area contributed by atoms with Gasteiger partial charge in [-0.2, -0.15) is 0 Å². The maximum absolute atomic E-state index is 13.0. The van der Waals surface area contributed by atoms with Gasteiger partial charge >= 0.3 is 0 Å². The molecule has 1 heterocycles. The summed E-state index contributed by atoms with van der Waals surface area (Å²) in [5.41, 5.74) is 2.70. The van der Waals surface area contributed by atoms with Gasteiger partial charge in [-0.1, -0.05) is 31.2 Å². The van der Waals surface area contributed by atoms with Crippen LogP contribution in [-0.4, -0.2) is 36.5 Å². The zero-order chi connectivity index (χ0) is 15.5. The molecule has 1 saturated heterocycles. The summed E-state index contributed by atoms with van der Waals surface area (Å²) >= 11 is 0. The van der Waals surface area contributed by atoms with Crippen molar-refractivity contribution >= 4 is 5.91 Å². The standard InChI is InChI=1S/C19H28N2O/c1-3-12-21(15-8-10-20-11-9-15)19(22)18-13-17(18)16-7-5-4-6-14(16)2/h4-7,15,17-18,20H,3,8-13H2,1-2H3. The summed E-state index contributed by atoms with van der Waals surface area (Å²) in [6.45, 7) is 7.34. The Kier molecular flexibility index (Phi) is 4.82. The van der Waals surface area contributed by atoms with Crippen LogP contribution in [0, 0.1) is 12.8 Å². The second kappa shape index (κ2) is 6.82. The summed E-state index contributed by atoms with van der Waals surface area (Å²) in [4.78, 5) is 15.2. The van der Waals surface area contributed by atoms with Gasteiger partial charge < -0.3 is 10.2 Å². The molecule has 0 spiro atoms. The molecule has 0 bridgehead atoms. The van der Waals surface area contributed by atoms with Gasteiger partial charge in [0.25, 0.3) is 0 Å². The molecule has 1 N–H and O–H groups in total. The van der Waals surface area contributed by atoms with Crippen molar-refractivity contribution in [3.63, 3.8) is 0 Å². The molecule has 1 aromatic carbocycles. The van der Waals surface area contributed by atoms with Gasteiger partial charge in [0.05, 0.1) is 0 Å². The Morgan fingerprint density at radius 2 is 2.00 bits per heavy atom. The minimum Gasteiger partial charge on any atom is -0.339 e. The van der Waals surface area contributed by atoms with E-state index in [0.717, 1.165) is 45.3 Å². The van der Waals surface area contributed by atoms with Gasteiger partial charge in [-0.15, -0.1) is 0 Å². The molecule has 1 aromatic rings. The number of nitrogens with one attached hydrogen (secondary N) is 1. The van der Waals surface area contributed by atoms with Crippen molar-refractivity contribution in [3.8, 4) is 0 Å². The van der Waals surface area contributed by atoms with Crippen LogP contribution in [0.2, 0.25) is 0 Å². The Bertz CT molecular complexity index is 522. The summed E-state index contributed by atoms with van der Waals surface area (Å²) in [6, 6.07) is 8.98. The van der Waals surface area contributed by atoms with Gasteiger partial charge in [0.15, 0.2) is 0 Å². The van der Waals surface area contributed by atoms with E-state index in [1.165, 1.54) is 11.1 Å². The molecule has 1 amide bonds. The molecule has 0 aromatic heterocycles. The number of aryl methyl sites for hydroxylation is 1. The van der Waals surface area contributed by atoms with Crippen LogP contribution >= 0.6 is 0 Å². The largest absolute Gasteiger partial charge is 0.339 e. The first-order valence-electron chi connectivity index (χ1n) is 8.79. The van der Waals surface area contributed by atoms with E-state index in [1.807, 2.05) is 0 Å². The summed E-state index contributed by atoms with van der Waals surface area (Å²) in [7, 11) is 0. The van der Waals surface area contributed by atoms with E-state index in [1.54, 1.807) is 0 Å². The third-order valence-electron chi connectivity index (χ3n) is 5.19. The highest BCUT2D eigenvalue weighted by molar-refractivity contribution is 5.83. The average molecular weight is 300 g/mol. The highest BCUT2D eigenvalue weighted by atomic mass is 16.2. The minimum atomic E-state index is 0.225. The van der Waals surface area contributed by atoms with Crippen molar-refractivity contribution in [2.75, 3.05) is 19.6 Å². The second-order valence-corrected chi connectivity index (χ2v) is 6.82. The number of carbonyl (C=O) groups is 1. The monoisotopic (exact) mass is 300 g/mol. The van der Waals surface area contributed by atoms with Crippen LogP contribution in [0.1, 0.15) is 49.7 Å². The average Bonchev–Trinajstić information content (AvgIpc) is 3.34. The van der Waals surface area contributed by atoms with Crippen molar-refractivity contribution in [3.05, 3.63) is 35.4 Å². The Hall–Kier alpha value is -1.35. The number of hydrogen-bond acceptors (Lipinski definition) is 2. The fourth-order valence-corrected chi connectivity index (χ4v) is 3.86. The van der Waals surface area contributed by atoms with Crippen molar-refractivity contribution in [2.24, 2.45) is 5.92 Å². The molecule has 120 valence electrons. The Morgan fingerprint density at radius 1 is 1.27 bits per heavy atom. The van der Waals surface area contributed by atoms with Gasteiger partial charge in [0, 0.05) is 18.5 Å². The molecular formula is C19H28N2O. The van der Waals surface area contributed by atoms with Crippen LogP contribution in [0.25, 0.3) is 0 Å². The van der Waals surface area contributed by atoms with Crippen LogP contribution in [0.4, 0.5) is 0 Å². The molecule has 2 unspecified atom stereocenters. The number of benzene rings is 1. The van der Waals surface area contributed by atoms with E-state index in [4.69, 9.17) is 0 Å². The van der Waals surface area contributed by atoms with Crippen molar-refractivity contribution < 1.29 is 4.79 Å². The first kappa shape index (κ1) is 15.5. The van der Waals surface area contributed by atoms with Crippen LogP contribution in [0.3, 0.4) is 0 Å². The van der Waals surface area contributed by atoms with E-state index in [9.17, 15) is 4.79 Å². The van der Waals surface area contributed by atoms with Gasteiger partial charge in [0.1, 0.15) is 0 Å². The van der Waals surface area contributed by atoms with Crippen LogP contribution in [-0.2, 0) is 4.79 Å². The number of piperidine rings is 1. The SMILES string of the molecule is CCCN(C(=O)C1CC1c1ccccc1C)C1CCNCC1. The lowest BCUT2D eigenvalue weighted by molar-refractivity contribution is -0.135. The summed E-state index contributed by atoms with van der Waals surface area (Å²) < 4.78 is 0. The molecule has 3 rings (SSSR count). The van der Waals surface area contributed by atoms with Crippen LogP contribution in [0.15, 0.2) is 24.3 Å². The first-order chi connectivity index (χ1) is 10.7. The second-order valence-electron chi connectivity index (χ2n) is 6.82. The number of hydrogen-bond donors (Lipinski definition) is 1. The number of rotatable bonds is 5. The van der Waals surface area contributed by atoms with E-state index in [2.05, 4.69) is 48.3 Å². The normalized spacial score (nSPS) is 25.0. The summed E-state index contributed by atoms with van der Waals surface area (Å²) in [6.07, 6.45) is 4.30. The molecule has 2 atom stereocenters. The fraction of sp³-hybridized carbons (Fsp3) is 0.632. The third kappa shape index (κ3) is 3.19.